The molecule has 0 unspecified atom stereocenters. The molecule has 0 N–H and O–H groups in total. The zero-order chi connectivity index (χ0) is 42.7. The van der Waals surface area contributed by atoms with Crippen molar-refractivity contribution >= 4 is 55.4 Å². The molecule has 64 heavy (non-hydrogen) atoms. The second kappa shape index (κ2) is 18.5. The second-order valence-electron chi connectivity index (χ2n) is 17.2. The fourth-order valence-corrected chi connectivity index (χ4v) is 10.2. The molecule has 0 aliphatic carbocycles. The molecule has 4 saturated heterocycles. The number of morpholine rings is 4. The van der Waals surface area contributed by atoms with E-state index in [1.54, 1.807) is 0 Å². The monoisotopic (exact) mass is 848 g/mol. The molecule has 324 valence electrons. The van der Waals surface area contributed by atoms with Crippen LogP contribution in [0.1, 0.15) is 22.3 Å². The quantitative estimate of drug-likeness (QED) is 0.144. The molecule has 7 aromatic rings. The van der Waals surface area contributed by atoms with E-state index in [9.17, 15) is 0 Å². The van der Waals surface area contributed by atoms with Crippen molar-refractivity contribution in [1.82, 2.24) is 0 Å². The Morgan fingerprint density at radius 2 is 0.469 bits per heavy atom. The van der Waals surface area contributed by atoms with Crippen LogP contribution in [0.2, 0.25) is 0 Å². The van der Waals surface area contributed by atoms with E-state index in [1.807, 2.05) is 0 Å². The largest absolute Gasteiger partial charge is 0.378 e. The molecule has 0 bridgehead atoms. The van der Waals surface area contributed by atoms with Gasteiger partial charge in [-0.3, -0.25) is 0 Å². The Morgan fingerprint density at radius 3 is 0.672 bits per heavy atom. The highest BCUT2D eigenvalue weighted by molar-refractivity contribution is 6.06. The van der Waals surface area contributed by atoms with E-state index in [0.29, 0.717) is 0 Å². The molecule has 0 atom stereocenters. The SMILES string of the molecule is c1ccc2c(=C(c3ccc(N4CCOCC4)cc3)c3ccc(N4CCOCC4)cc3)c3ccccc3c(=C(c3ccc(N4CCOCC4)cc3)c3ccc(N4CCOCC4)cc3)c2c1. The fourth-order valence-electron chi connectivity index (χ4n) is 10.2. The molecule has 4 fully saturated rings. The van der Waals surface area contributed by atoms with Crippen molar-refractivity contribution in [1.29, 1.82) is 0 Å². The number of rotatable bonds is 8. The van der Waals surface area contributed by atoms with Crippen LogP contribution in [0.5, 0.6) is 0 Å². The smallest absolute Gasteiger partial charge is 0.0642 e. The van der Waals surface area contributed by atoms with Gasteiger partial charge in [-0.05, 0) is 114 Å². The van der Waals surface area contributed by atoms with E-state index >= 15 is 0 Å². The lowest BCUT2D eigenvalue weighted by Gasteiger charge is -2.29. The molecule has 4 heterocycles. The lowest BCUT2D eigenvalue weighted by molar-refractivity contribution is 0.122. The number of benzene rings is 7. The molecule has 7 aromatic carbocycles. The van der Waals surface area contributed by atoms with Crippen LogP contribution < -0.4 is 30.0 Å². The number of ether oxygens (including phenoxy) is 4. The average molecular weight is 849 g/mol. The van der Waals surface area contributed by atoms with Gasteiger partial charge < -0.3 is 38.5 Å². The molecular weight excluding hydrogens is 793 g/mol. The van der Waals surface area contributed by atoms with Crippen molar-refractivity contribution in [3.8, 4) is 0 Å². The zero-order valence-electron chi connectivity index (χ0n) is 36.6. The van der Waals surface area contributed by atoms with Crippen molar-refractivity contribution in [3.05, 3.63) is 178 Å². The van der Waals surface area contributed by atoms with Gasteiger partial charge in [-0.2, -0.15) is 0 Å². The number of nitrogens with zero attached hydrogens (tertiary/aromatic N) is 4. The highest BCUT2D eigenvalue weighted by Crippen LogP contribution is 2.32. The Kier molecular flexibility index (Phi) is 11.7. The third-order valence-corrected chi connectivity index (χ3v) is 13.6. The van der Waals surface area contributed by atoms with Gasteiger partial charge >= 0.3 is 0 Å². The van der Waals surface area contributed by atoms with Gasteiger partial charge in [0.05, 0.1) is 52.9 Å². The highest BCUT2D eigenvalue weighted by Gasteiger charge is 2.21. The molecule has 0 saturated carbocycles. The third kappa shape index (κ3) is 8.12. The Bertz CT molecular complexity index is 2450. The Hall–Kier alpha value is -6.16. The zero-order valence-corrected chi connectivity index (χ0v) is 36.6. The summed E-state index contributed by atoms with van der Waals surface area (Å²) in [7, 11) is 0. The molecule has 4 aliphatic heterocycles. The molecule has 8 heteroatoms. The second-order valence-corrected chi connectivity index (χ2v) is 17.2. The maximum absolute atomic E-state index is 5.71. The molecule has 0 radical (unpaired) electrons. The first-order valence-corrected chi connectivity index (χ1v) is 23.2. The summed E-state index contributed by atoms with van der Waals surface area (Å²) in [5.41, 5.74) is 12.2. The summed E-state index contributed by atoms with van der Waals surface area (Å²) in [6.45, 7) is 13.3. The average Bonchev–Trinajstić information content (AvgIpc) is 3.39. The first-order chi connectivity index (χ1) is 31.8. The van der Waals surface area contributed by atoms with E-state index in [4.69, 9.17) is 18.9 Å². The number of hydrogen-bond acceptors (Lipinski definition) is 8. The molecule has 4 aliphatic rings. The third-order valence-electron chi connectivity index (χ3n) is 13.6. The maximum atomic E-state index is 5.71. The molecular formula is C56H56N4O4. The minimum Gasteiger partial charge on any atom is -0.378 e. The van der Waals surface area contributed by atoms with E-state index in [1.165, 1.54) is 88.1 Å². The minimum absolute atomic E-state index is 0.758. The van der Waals surface area contributed by atoms with Crippen molar-refractivity contribution in [2.24, 2.45) is 0 Å². The van der Waals surface area contributed by atoms with Gasteiger partial charge in [0.15, 0.2) is 0 Å². The first-order valence-electron chi connectivity index (χ1n) is 23.2. The van der Waals surface area contributed by atoms with Crippen LogP contribution in [-0.2, 0) is 18.9 Å². The molecule has 11 rings (SSSR count). The van der Waals surface area contributed by atoms with Crippen molar-refractivity contribution in [3.63, 3.8) is 0 Å². The van der Waals surface area contributed by atoms with E-state index in [-0.39, 0.29) is 0 Å². The number of anilines is 4. The highest BCUT2D eigenvalue weighted by atomic mass is 16.5. The number of fused-ring (bicyclic) bond motifs is 2. The standard InChI is InChI=1S/C56H56N4O4/c1-2-6-50-49(5-1)55(53(41-9-17-45(18-10-41)57-25-33-61-34-26-57)42-11-19-46(20-12-42)58-27-35-62-36-28-58)51-7-3-4-8-52(51)56(50)54(43-13-21-47(22-14-43)59-29-37-63-38-30-59)44-15-23-48(24-16-44)60-31-39-64-40-32-60/h1-24H,25-40H2. The fraction of sp³-hybridized carbons (Fsp3) is 0.286. The van der Waals surface area contributed by atoms with E-state index in [0.717, 1.165) is 105 Å². The van der Waals surface area contributed by atoms with Gasteiger partial charge in [0, 0.05) is 75.1 Å². The van der Waals surface area contributed by atoms with Crippen LogP contribution in [0.4, 0.5) is 22.7 Å². The molecule has 8 nitrogen and oxygen atoms in total. The summed E-state index contributed by atoms with van der Waals surface area (Å²) in [5, 5.41) is 7.41. The topological polar surface area (TPSA) is 49.9 Å². The van der Waals surface area contributed by atoms with Crippen LogP contribution in [0.15, 0.2) is 146 Å². The van der Waals surface area contributed by atoms with Gasteiger partial charge in [-0.1, -0.05) is 97.1 Å². The van der Waals surface area contributed by atoms with Crippen LogP contribution >= 0.6 is 0 Å². The summed E-state index contributed by atoms with van der Waals surface area (Å²) in [4.78, 5) is 9.73. The maximum Gasteiger partial charge on any atom is 0.0642 e. The van der Waals surface area contributed by atoms with Crippen LogP contribution in [0.3, 0.4) is 0 Å². The lowest BCUT2D eigenvalue weighted by Crippen LogP contribution is -2.36. The summed E-state index contributed by atoms with van der Waals surface area (Å²) in [5.74, 6) is 0. The number of hydrogen-bond donors (Lipinski definition) is 0. The van der Waals surface area contributed by atoms with Gasteiger partial charge in [0.25, 0.3) is 0 Å². The lowest BCUT2D eigenvalue weighted by atomic mass is 9.86. The molecule has 0 spiro atoms. The Balaban J connectivity index is 1.18. The summed E-state index contributed by atoms with van der Waals surface area (Å²) in [6, 6.07) is 55.2. The Labute approximate surface area is 376 Å². The van der Waals surface area contributed by atoms with Crippen LogP contribution in [0, 0.1) is 0 Å². The van der Waals surface area contributed by atoms with Crippen LogP contribution in [-0.4, -0.2) is 105 Å². The predicted octanol–water partition coefficient (Wildman–Crippen LogP) is 7.83. The van der Waals surface area contributed by atoms with E-state index in [2.05, 4.69) is 165 Å². The summed E-state index contributed by atoms with van der Waals surface area (Å²) >= 11 is 0. The van der Waals surface area contributed by atoms with Crippen molar-refractivity contribution < 1.29 is 18.9 Å². The molecule has 0 amide bonds. The summed E-state index contributed by atoms with van der Waals surface area (Å²) in [6.07, 6.45) is 0. The van der Waals surface area contributed by atoms with E-state index < -0.39 is 0 Å². The normalized spacial score (nSPS) is 17.2. The van der Waals surface area contributed by atoms with Crippen LogP contribution in [0.25, 0.3) is 32.7 Å². The van der Waals surface area contributed by atoms with Crippen molar-refractivity contribution in [2.75, 3.05) is 125 Å². The van der Waals surface area contributed by atoms with Gasteiger partial charge in [-0.15, -0.1) is 0 Å². The Morgan fingerprint density at radius 1 is 0.266 bits per heavy atom. The van der Waals surface area contributed by atoms with Gasteiger partial charge in [0.2, 0.25) is 0 Å². The minimum atomic E-state index is 0.758. The summed E-state index contributed by atoms with van der Waals surface area (Å²) < 4.78 is 22.8. The first kappa shape index (κ1) is 40.6. The van der Waals surface area contributed by atoms with Crippen molar-refractivity contribution in [2.45, 2.75) is 0 Å². The van der Waals surface area contributed by atoms with Gasteiger partial charge in [0.1, 0.15) is 0 Å². The van der Waals surface area contributed by atoms with Gasteiger partial charge in [-0.25, -0.2) is 0 Å². The predicted molar refractivity (Wildman–Crippen MR) is 262 cm³/mol. The molecule has 0 aromatic heterocycles.